The maximum Gasteiger partial charge on any atom is 0.261 e. The highest BCUT2D eigenvalue weighted by Gasteiger charge is 2.08. The van der Waals surface area contributed by atoms with Crippen molar-refractivity contribution in [1.82, 2.24) is 10.6 Å². The number of carbonyl (C=O) groups excluding carboxylic acids is 3. The van der Waals surface area contributed by atoms with Gasteiger partial charge in [0.1, 0.15) is 5.75 Å². The Morgan fingerprint density at radius 1 is 1.08 bits per heavy atom. The van der Waals surface area contributed by atoms with E-state index in [-0.39, 0.29) is 37.3 Å². The molecule has 0 atom stereocenters. The minimum atomic E-state index is -0.225. The second-order valence-electron chi connectivity index (χ2n) is 5.30. The number of benzene rings is 1. The summed E-state index contributed by atoms with van der Waals surface area (Å²) < 4.78 is 5.38. The van der Waals surface area contributed by atoms with Crippen molar-refractivity contribution >= 4 is 34.7 Å². The molecule has 1 aromatic carbocycles. The number of amides is 3. The van der Waals surface area contributed by atoms with Crippen LogP contribution in [0.25, 0.3) is 0 Å². The molecule has 0 spiro atoms. The van der Waals surface area contributed by atoms with Crippen molar-refractivity contribution in [3.05, 3.63) is 46.7 Å². The van der Waals surface area contributed by atoms with E-state index in [9.17, 15) is 14.4 Å². The summed E-state index contributed by atoms with van der Waals surface area (Å²) in [6.07, 6.45) is 0.154. The Bertz CT molecular complexity index is 747. The smallest absolute Gasteiger partial charge is 0.261 e. The fourth-order valence-corrected chi connectivity index (χ4v) is 2.71. The van der Waals surface area contributed by atoms with Crippen molar-refractivity contribution < 1.29 is 19.1 Å². The van der Waals surface area contributed by atoms with Crippen LogP contribution in [0.15, 0.2) is 41.8 Å². The van der Waals surface area contributed by atoms with E-state index in [1.165, 1.54) is 11.3 Å². The van der Waals surface area contributed by atoms with E-state index < -0.39 is 0 Å². The van der Waals surface area contributed by atoms with Gasteiger partial charge < -0.3 is 20.7 Å². The first-order valence-corrected chi connectivity index (χ1v) is 9.07. The molecule has 0 fully saturated rings. The fraction of sp³-hybridized carbons (Fsp3) is 0.278. The Morgan fingerprint density at radius 3 is 2.65 bits per heavy atom. The zero-order valence-electron chi connectivity index (χ0n) is 14.4. The van der Waals surface area contributed by atoms with Crippen molar-refractivity contribution in [3.8, 4) is 5.75 Å². The number of hydrogen-bond donors (Lipinski definition) is 3. The van der Waals surface area contributed by atoms with Crippen molar-refractivity contribution in [2.24, 2.45) is 0 Å². The van der Waals surface area contributed by atoms with E-state index in [4.69, 9.17) is 4.74 Å². The van der Waals surface area contributed by atoms with Gasteiger partial charge in [-0.05, 0) is 30.5 Å². The van der Waals surface area contributed by atoms with Gasteiger partial charge in [0, 0.05) is 31.3 Å². The molecular formula is C18H21N3O4S. The molecule has 0 aliphatic carbocycles. The van der Waals surface area contributed by atoms with Gasteiger partial charge in [-0.15, -0.1) is 11.3 Å². The molecule has 138 valence electrons. The molecule has 0 bridgehead atoms. The number of rotatable bonds is 9. The fourth-order valence-electron chi connectivity index (χ4n) is 2.07. The van der Waals surface area contributed by atoms with E-state index in [2.05, 4.69) is 16.0 Å². The Balaban J connectivity index is 1.75. The highest BCUT2D eigenvalue weighted by Crippen LogP contribution is 2.17. The molecule has 0 aliphatic rings. The third-order valence-corrected chi connectivity index (χ3v) is 4.11. The van der Waals surface area contributed by atoms with E-state index in [0.29, 0.717) is 22.9 Å². The minimum Gasteiger partial charge on any atom is -0.484 e. The van der Waals surface area contributed by atoms with Crippen molar-refractivity contribution in [2.75, 3.05) is 25.0 Å². The Kier molecular flexibility index (Phi) is 7.63. The molecule has 26 heavy (non-hydrogen) atoms. The van der Waals surface area contributed by atoms with Gasteiger partial charge in [-0.25, -0.2) is 0 Å². The molecule has 3 amide bonds. The number of ether oxygens (including phenoxy) is 1. The molecule has 8 heteroatoms. The lowest BCUT2D eigenvalue weighted by molar-refractivity contribution is -0.123. The van der Waals surface area contributed by atoms with Crippen LogP contribution in [0.1, 0.15) is 23.0 Å². The summed E-state index contributed by atoms with van der Waals surface area (Å²) in [7, 11) is 0. The van der Waals surface area contributed by atoms with Gasteiger partial charge in [-0.3, -0.25) is 14.4 Å². The molecule has 2 rings (SSSR count). The van der Waals surface area contributed by atoms with E-state index in [1.54, 1.807) is 36.4 Å². The number of likely N-dealkylation sites (N-methyl/N-ethyl adjacent to an activating group) is 1. The highest BCUT2D eigenvalue weighted by molar-refractivity contribution is 7.12. The summed E-state index contributed by atoms with van der Waals surface area (Å²) in [4.78, 5) is 35.8. The molecule has 1 heterocycles. The predicted molar refractivity (Wildman–Crippen MR) is 101 cm³/mol. The van der Waals surface area contributed by atoms with E-state index in [0.717, 1.165) is 0 Å². The molecule has 0 saturated heterocycles. The summed E-state index contributed by atoms with van der Waals surface area (Å²) >= 11 is 1.35. The zero-order valence-corrected chi connectivity index (χ0v) is 15.2. The third-order valence-electron chi connectivity index (χ3n) is 3.24. The van der Waals surface area contributed by atoms with Crippen LogP contribution in [0.3, 0.4) is 0 Å². The maximum absolute atomic E-state index is 12.0. The number of nitrogens with one attached hydrogen (secondary N) is 3. The first-order valence-electron chi connectivity index (χ1n) is 8.19. The lowest BCUT2D eigenvalue weighted by Gasteiger charge is -2.09. The lowest BCUT2D eigenvalue weighted by Crippen LogP contribution is -2.28. The normalized spacial score (nSPS) is 10.0. The van der Waals surface area contributed by atoms with Gasteiger partial charge in [0.2, 0.25) is 5.91 Å². The van der Waals surface area contributed by atoms with Gasteiger partial charge >= 0.3 is 0 Å². The summed E-state index contributed by atoms with van der Waals surface area (Å²) in [6.45, 7) is 2.54. The predicted octanol–water partition coefficient (Wildman–Crippen LogP) is 2.02. The van der Waals surface area contributed by atoms with Crippen LogP contribution in [0.2, 0.25) is 0 Å². The molecule has 0 radical (unpaired) electrons. The quantitative estimate of drug-likeness (QED) is 0.625. The number of carbonyl (C=O) groups is 3. The van der Waals surface area contributed by atoms with Crippen molar-refractivity contribution in [1.29, 1.82) is 0 Å². The standard InChI is InChI=1S/C18H21N3O4S/c1-2-19-17(23)12-25-14-6-3-5-13(11-14)21-16(22)8-9-20-18(24)15-7-4-10-26-15/h3-7,10-11H,2,8-9,12H2,1H3,(H,19,23)(H,20,24)(H,21,22). The lowest BCUT2D eigenvalue weighted by atomic mass is 10.3. The third kappa shape index (κ3) is 6.56. The molecule has 7 nitrogen and oxygen atoms in total. The van der Waals surface area contributed by atoms with Gasteiger partial charge in [0.05, 0.1) is 4.88 Å². The Labute approximate surface area is 155 Å². The van der Waals surface area contributed by atoms with Crippen LogP contribution in [0.4, 0.5) is 5.69 Å². The average molecular weight is 375 g/mol. The van der Waals surface area contributed by atoms with E-state index >= 15 is 0 Å². The molecular weight excluding hydrogens is 354 g/mol. The van der Waals surface area contributed by atoms with E-state index in [1.807, 2.05) is 12.3 Å². The SMILES string of the molecule is CCNC(=O)COc1cccc(NC(=O)CCNC(=O)c2cccs2)c1. The average Bonchev–Trinajstić information content (AvgIpc) is 3.15. The molecule has 0 unspecified atom stereocenters. The minimum absolute atomic E-state index is 0.0833. The largest absolute Gasteiger partial charge is 0.484 e. The summed E-state index contributed by atoms with van der Waals surface area (Å²) in [5, 5.41) is 9.89. The van der Waals surface area contributed by atoms with Crippen LogP contribution < -0.4 is 20.7 Å². The van der Waals surface area contributed by atoms with Crippen LogP contribution >= 0.6 is 11.3 Å². The number of thiophene rings is 1. The highest BCUT2D eigenvalue weighted by atomic mass is 32.1. The Morgan fingerprint density at radius 2 is 1.92 bits per heavy atom. The first-order chi connectivity index (χ1) is 12.6. The molecule has 2 aromatic rings. The summed E-state index contributed by atoms with van der Waals surface area (Å²) in [5.41, 5.74) is 0.563. The molecule has 0 saturated carbocycles. The summed E-state index contributed by atoms with van der Waals surface area (Å²) in [5.74, 6) is -0.130. The zero-order chi connectivity index (χ0) is 18.8. The maximum atomic E-state index is 12.0. The van der Waals surface area contributed by atoms with Crippen LogP contribution in [-0.4, -0.2) is 37.4 Å². The van der Waals surface area contributed by atoms with Crippen molar-refractivity contribution in [3.63, 3.8) is 0 Å². The molecule has 1 aromatic heterocycles. The first kappa shape index (κ1) is 19.5. The van der Waals surface area contributed by atoms with Gasteiger partial charge in [0.25, 0.3) is 11.8 Å². The molecule has 0 aliphatic heterocycles. The Hall–Kier alpha value is -2.87. The van der Waals surface area contributed by atoms with Gasteiger partial charge in [-0.1, -0.05) is 12.1 Å². The second kappa shape index (κ2) is 10.2. The van der Waals surface area contributed by atoms with Crippen LogP contribution in [-0.2, 0) is 9.59 Å². The monoisotopic (exact) mass is 375 g/mol. The topological polar surface area (TPSA) is 96.5 Å². The number of anilines is 1. The van der Waals surface area contributed by atoms with Gasteiger partial charge in [0.15, 0.2) is 6.61 Å². The van der Waals surface area contributed by atoms with Crippen molar-refractivity contribution in [2.45, 2.75) is 13.3 Å². The molecule has 3 N–H and O–H groups in total. The van der Waals surface area contributed by atoms with Crippen LogP contribution in [0.5, 0.6) is 5.75 Å². The van der Waals surface area contributed by atoms with Crippen LogP contribution in [0, 0.1) is 0 Å². The van der Waals surface area contributed by atoms with Gasteiger partial charge in [-0.2, -0.15) is 0 Å². The number of hydrogen-bond acceptors (Lipinski definition) is 5. The summed E-state index contributed by atoms with van der Waals surface area (Å²) in [6, 6.07) is 10.3. The second-order valence-corrected chi connectivity index (χ2v) is 6.25.